The number of rotatable bonds is 4. The summed E-state index contributed by atoms with van der Waals surface area (Å²) < 4.78 is 5.22. The van der Waals surface area contributed by atoms with Crippen molar-refractivity contribution in [3.63, 3.8) is 0 Å². The minimum Gasteiger partial charge on any atom is -0.469 e. The van der Waals surface area contributed by atoms with Crippen molar-refractivity contribution in [1.82, 2.24) is 4.98 Å². The van der Waals surface area contributed by atoms with E-state index in [1.54, 1.807) is 17.6 Å². The number of aliphatic hydroxyl groups is 1. The molecule has 2 aromatic heterocycles. The summed E-state index contributed by atoms with van der Waals surface area (Å²) in [7, 11) is 0. The van der Waals surface area contributed by atoms with E-state index < -0.39 is 6.10 Å². The number of furan rings is 1. The average molecular weight is 285 g/mol. The largest absolute Gasteiger partial charge is 0.469 e. The number of thiazole rings is 1. The Morgan fingerprint density at radius 3 is 2.80 bits per heavy atom. The van der Waals surface area contributed by atoms with Crippen molar-refractivity contribution in [2.24, 2.45) is 0 Å². The molecular weight excluding hydrogens is 270 g/mol. The fourth-order valence-corrected chi connectivity index (χ4v) is 2.91. The van der Waals surface area contributed by atoms with Crippen LogP contribution in [0.4, 0.5) is 0 Å². The number of hydrogen-bond acceptors (Lipinski definition) is 4. The maximum Gasteiger partial charge on any atom is 0.101 e. The Balaban J connectivity index is 1.74. The predicted octanol–water partition coefficient (Wildman–Crippen LogP) is 3.99. The first-order valence-electron chi connectivity index (χ1n) is 6.45. The van der Waals surface area contributed by atoms with Gasteiger partial charge in [-0.2, -0.15) is 0 Å². The molecule has 0 fully saturated rings. The third-order valence-electron chi connectivity index (χ3n) is 3.12. The summed E-state index contributed by atoms with van der Waals surface area (Å²) in [6.07, 6.45) is 1.55. The van der Waals surface area contributed by atoms with Gasteiger partial charge >= 0.3 is 0 Å². The Morgan fingerprint density at radius 2 is 2.10 bits per heavy atom. The van der Waals surface area contributed by atoms with Gasteiger partial charge in [0.1, 0.15) is 5.76 Å². The number of aliphatic hydroxyl groups excluding tert-OH is 1. The molecule has 0 aliphatic heterocycles. The normalized spacial score (nSPS) is 12.5. The van der Waals surface area contributed by atoms with Crippen LogP contribution in [-0.4, -0.2) is 10.1 Å². The molecular formula is C16H15NO2S. The highest BCUT2D eigenvalue weighted by atomic mass is 32.1. The molecule has 0 bridgehead atoms. The molecule has 102 valence electrons. The Labute approximate surface area is 121 Å². The molecule has 1 aromatic carbocycles. The lowest BCUT2D eigenvalue weighted by molar-refractivity contribution is 0.177. The van der Waals surface area contributed by atoms with Crippen LogP contribution in [0.2, 0.25) is 0 Å². The highest BCUT2D eigenvalue weighted by Gasteiger charge is 2.14. The Morgan fingerprint density at radius 1 is 1.30 bits per heavy atom. The van der Waals surface area contributed by atoms with Gasteiger partial charge in [-0.25, -0.2) is 4.98 Å². The molecule has 1 atom stereocenters. The van der Waals surface area contributed by atoms with Crippen molar-refractivity contribution in [2.45, 2.75) is 19.4 Å². The van der Waals surface area contributed by atoms with E-state index in [1.165, 1.54) is 0 Å². The van der Waals surface area contributed by atoms with Crippen LogP contribution in [0.3, 0.4) is 0 Å². The molecule has 3 aromatic rings. The standard InChI is InChI=1S/C16H15NO2S/c1-11-7-13(9-19-11)15(18)8-16-17-14(10-20-16)12-5-3-2-4-6-12/h2-7,9-10,15,18H,8H2,1H3. The van der Waals surface area contributed by atoms with E-state index in [2.05, 4.69) is 4.98 Å². The quantitative estimate of drug-likeness (QED) is 0.788. The maximum atomic E-state index is 10.2. The molecule has 3 nitrogen and oxygen atoms in total. The van der Waals surface area contributed by atoms with Crippen LogP contribution in [0.15, 0.2) is 52.5 Å². The summed E-state index contributed by atoms with van der Waals surface area (Å²) in [6.45, 7) is 1.87. The molecule has 0 saturated carbocycles. The second-order valence-corrected chi connectivity index (χ2v) is 5.65. The molecule has 0 saturated heterocycles. The molecule has 1 unspecified atom stereocenters. The minimum atomic E-state index is -0.567. The van der Waals surface area contributed by atoms with Crippen molar-refractivity contribution in [2.75, 3.05) is 0 Å². The first-order valence-corrected chi connectivity index (χ1v) is 7.33. The molecule has 0 aliphatic carbocycles. The third kappa shape index (κ3) is 2.81. The number of aryl methyl sites for hydroxylation is 1. The van der Waals surface area contributed by atoms with Crippen LogP contribution in [0.5, 0.6) is 0 Å². The van der Waals surface area contributed by atoms with Crippen LogP contribution in [-0.2, 0) is 6.42 Å². The lowest BCUT2D eigenvalue weighted by atomic mass is 10.1. The van der Waals surface area contributed by atoms with Gasteiger partial charge in [0.2, 0.25) is 0 Å². The van der Waals surface area contributed by atoms with Gasteiger partial charge in [0.05, 0.1) is 23.1 Å². The number of nitrogens with zero attached hydrogens (tertiary/aromatic N) is 1. The zero-order chi connectivity index (χ0) is 13.9. The topological polar surface area (TPSA) is 46.3 Å². The van der Waals surface area contributed by atoms with Gasteiger partial charge < -0.3 is 9.52 Å². The van der Waals surface area contributed by atoms with E-state index in [1.807, 2.05) is 48.7 Å². The van der Waals surface area contributed by atoms with Crippen molar-refractivity contribution >= 4 is 11.3 Å². The van der Waals surface area contributed by atoms with E-state index in [-0.39, 0.29) is 0 Å². The van der Waals surface area contributed by atoms with Crippen LogP contribution < -0.4 is 0 Å². The number of aromatic nitrogens is 1. The van der Waals surface area contributed by atoms with Crippen molar-refractivity contribution < 1.29 is 9.52 Å². The molecule has 0 spiro atoms. The van der Waals surface area contributed by atoms with Crippen LogP contribution in [0.1, 0.15) is 22.4 Å². The van der Waals surface area contributed by atoms with E-state index >= 15 is 0 Å². The predicted molar refractivity (Wildman–Crippen MR) is 79.7 cm³/mol. The second kappa shape index (κ2) is 5.61. The van der Waals surface area contributed by atoms with Gasteiger partial charge in [-0.1, -0.05) is 30.3 Å². The summed E-state index contributed by atoms with van der Waals surface area (Å²) in [6, 6.07) is 11.9. The highest BCUT2D eigenvalue weighted by molar-refractivity contribution is 7.09. The lowest BCUT2D eigenvalue weighted by Gasteiger charge is -2.04. The summed E-state index contributed by atoms with van der Waals surface area (Å²) >= 11 is 1.57. The van der Waals surface area contributed by atoms with Crippen molar-refractivity contribution in [3.8, 4) is 11.3 Å². The molecule has 4 heteroatoms. The Kier molecular flexibility index (Phi) is 3.67. The monoisotopic (exact) mass is 285 g/mol. The molecule has 0 radical (unpaired) electrons. The lowest BCUT2D eigenvalue weighted by Crippen LogP contribution is -2.00. The molecule has 0 aliphatic rings. The van der Waals surface area contributed by atoms with Crippen molar-refractivity contribution in [3.05, 3.63) is 64.4 Å². The Hall–Kier alpha value is -1.91. The maximum absolute atomic E-state index is 10.2. The molecule has 3 rings (SSSR count). The van der Waals surface area contributed by atoms with Crippen LogP contribution in [0.25, 0.3) is 11.3 Å². The fourth-order valence-electron chi connectivity index (χ4n) is 2.07. The average Bonchev–Trinajstić information content (AvgIpc) is 3.09. The van der Waals surface area contributed by atoms with Gasteiger partial charge in [-0.15, -0.1) is 11.3 Å². The number of hydrogen-bond donors (Lipinski definition) is 1. The summed E-state index contributed by atoms with van der Waals surface area (Å²) in [5.41, 5.74) is 2.86. The Bertz CT molecular complexity index is 687. The van der Waals surface area contributed by atoms with Gasteiger partial charge in [-0.3, -0.25) is 0 Å². The first kappa shape index (κ1) is 13.1. The van der Waals surface area contributed by atoms with Gasteiger partial charge in [0, 0.05) is 22.9 Å². The van der Waals surface area contributed by atoms with E-state index in [9.17, 15) is 5.11 Å². The molecule has 2 heterocycles. The van der Waals surface area contributed by atoms with Gasteiger partial charge in [-0.05, 0) is 13.0 Å². The molecule has 1 N–H and O–H groups in total. The molecule has 0 amide bonds. The van der Waals surface area contributed by atoms with Crippen LogP contribution >= 0.6 is 11.3 Å². The van der Waals surface area contributed by atoms with E-state index in [0.717, 1.165) is 27.6 Å². The first-order chi connectivity index (χ1) is 9.72. The second-order valence-electron chi connectivity index (χ2n) is 4.70. The minimum absolute atomic E-state index is 0.510. The zero-order valence-electron chi connectivity index (χ0n) is 11.1. The smallest absolute Gasteiger partial charge is 0.101 e. The SMILES string of the molecule is Cc1cc(C(O)Cc2nc(-c3ccccc3)cs2)co1. The fraction of sp³-hybridized carbons (Fsp3) is 0.188. The summed E-state index contributed by atoms with van der Waals surface area (Å²) in [4.78, 5) is 4.58. The third-order valence-corrected chi connectivity index (χ3v) is 4.00. The van der Waals surface area contributed by atoms with E-state index in [0.29, 0.717) is 6.42 Å². The van der Waals surface area contributed by atoms with Crippen molar-refractivity contribution in [1.29, 1.82) is 0 Å². The van der Waals surface area contributed by atoms with Gasteiger partial charge in [0.25, 0.3) is 0 Å². The van der Waals surface area contributed by atoms with E-state index in [4.69, 9.17) is 4.42 Å². The van der Waals surface area contributed by atoms with Crippen LogP contribution in [0, 0.1) is 6.92 Å². The zero-order valence-corrected chi connectivity index (χ0v) is 11.9. The van der Waals surface area contributed by atoms with Gasteiger partial charge in [0.15, 0.2) is 0 Å². The summed E-state index contributed by atoms with van der Waals surface area (Å²) in [5, 5.41) is 13.1. The number of benzene rings is 1. The highest BCUT2D eigenvalue weighted by Crippen LogP contribution is 2.26. The summed E-state index contributed by atoms with van der Waals surface area (Å²) in [5.74, 6) is 0.808. The molecule has 20 heavy (non-hydrogen) atoms.